The Bertz CT molecular complexity index is 1430. The van der Waals surface area contributed by atoms with E-state index < -0.39 is 28.5 Å². The highest BCUT2D eigenvalue weighted by Crippen LogP contribution is 2.36. The van der Waals surface area contributed by atoms with Crippen molar-refractivity contribution in [2.24, 2.45) is 0 Å². The Morgan fingerprint density at radius 2 is 1.69 bits per heavy atom. The zero-order valence-corrected chi connectivity index (χ0v) is 22.8. The first-order chi connectivity index (χ1) is 18.7. The van der Waals surface area contributed by atoms with E-state index >= 15 is 0 Å². The van der Waals surface area contributed by atoms with Crippen molar-refractivity contribution in [1.82, 2.24) is 10.2 Å². The zero-order chi connectivity index (χ0) is 28.0. The van der Waals surface area contributed by atoms with Gasteiger partial charge >= 0.3 is 0 Å². The molecule has 39 heavy (non-hydrogen) atoms. The van der Waals surface area contributed by atoms with E-state index in [-0.39, 0.29) is 31.4 Å². The smallest absolute Gasteiger partial charge is 0.244 e. The molecule has 0 unspecified atom stereocenters. The number of rotatable bonds is 11. The minimum Gasteiger partial charge on any atom is -0.497 e. The fourth-order valence-electron chi connectivity index (χ4n) is 4.34. The molecule has 1 heterocycles. The molecule has 0 fully saturated rings. The molecule has 1 atom stereocenters. The van der Waals surface area contributed by atoms with Gasteiger partial charge in [-0.3, -0.25) is 13.9 Å². The summed E-state index contributed by atoms with van der Waals surface area (Å²) in [5.74, 6) is 0.543. The van der Waals surface area contributed by atoms with Crippen LogP contribution in [-0.4, -0.2) is 64.9 Å². The molecule has 1 aliphatic rings. The summed E-state index contributed by atoms with van der Waals surface area (Å²) in [6, 6.07) is 20.2. The first-order valence-corrected chi connectivity index (χ1v) is 14.1. The maximum absolute atomic E-state index is 14.0. The lowest BCUT2D eigenvalue weighted by Gasteiger charge is -2.33. The third-order valence-electron chi connectivity index (χ3n) is 6.33. The standard InChI is InChI=1S/C28H31N3O7S/c1-29-28(33)24(15-20-8-5-4-6-9-20)30(17-21-10-7-11-23(14-21)36-2)27(32)18-31(39(3,34)35)22-12-13-25-26(16-22)38-19-37-25/h4-14,16,24H,15,17-19H2,1-3H3,(H,29,33)/t24-/m1/s1. The lowest BCUT2D eigenvalue weighted by molar-refractivity contribution is -0.139. The van der Waals surface area contributed by atoms with Crippen molar-refractivity contribution in [2.45, 2.75) is 19.0 Å². The Hall–Kier alpha value is -4.25. The number of carbonyl (C=O) groups is 2. The van der Waals surface area contributed by atoms with Gasteiger partial charge in [0.05, 0.1) is 19.1 Å². The number of benzene rings is 3. The van der Waals surface area contributed by atoms with Crippen LogP contribution in [0.3, 0.4) is 0 Å². The average Bonchev–Trinajstić information content (AvgIpc) is 3.41. The fourth-order valence-corrected chi connectivity index (χ4v) is 5.18. The second-order valence-corrected chi connectivity index (χ2v) is 10.9. The Morgan fingerprint density at radius 3 is 2.38 bits per heavy atom. The van der Waals surface area contributed by atoms with Crippen LogP contribution in [0.15, 0.2) is 72.8 Å². The van der Waals surface area contributed by atoms with Crippen molar-refractivity contribution < 1.29 is 32.2 Å². The van der Waals surface area contributed by atoms with Gasteiger partial charge in [0.25, 0.3) is 0 Å². The predicted octanol–water partition coefficient (Wildman–Crippen LogP) is 2.58. The molecule has 206 valence electrons. The van der Waals surface area contributed by atoms with Crippen LogP contribution in [0, 0.1) is 0 Å². The van der Waals surface area contributed by atoms with Gasteiger partial charge in [0.15, 0.2) is 11.5 Å². The highest BCUT2D eigenvalue weighted by molar-refractivity contribution is 7.92. The van der Waals surface area contributed by atoms with Gasteiger partial charge in [0, 0.05) is 26.1 Å². The summed E-state index contributed by atoms with van der Waals surface area (Å²) in [5.41, 5.74) is 1.82. The van der Waals surface area contributed by atoms with Crippen molar-refractivity contribution in [3.63, 3.8) is 0 Å². The van der Waals surface area contributed by atoms with Crippen LogP contribution in [0.2, 0.25) is 0 Å². The number of amides is 2. The van der Waals surface area contributed by atoms with Gasteiger partial charge in [-0.05, 0) is 35.4 Å². The van der Waals surface area contributed by atoms with Crippen molar-refractivity contribution in [1.29, 1.82) is 0 Å². The van der Waals surface area contributed by atoms with Crippen LogP contribution in [0.1, 0.15) is 11.1 Å². The topological polar surface area (TPSA) is 114 Å². The largest absolute Gasteiger partial charge is 0.497 e. The fraction of sp³-hybridized carbons (Fsp3) is 0.286. The number of hydrogen-bond donors (Lipinski definition) is 1. The third-order valence-corrected chi connectivity index (χ3v) is 7.47. The first kappa shape index (κ1) is 27.8. The monoisotopic (exact) mass is 553 g/mol. The summed E-state index contributed by atoms with van der Waals surface area (Å²) in [4.78, 5) is 28.5. The second kappa shape index (κ2) is 12.1. The molecule has 1 aliphatic heterocycles. The number of nitrogens with one attached hydrogen (secondary N) is 1. The Kier molecular flexibility index (Phi) is 8.60. The lowest BCUT2D eigenvalue weighted by atomic mass is 10.0. The summed E-state index contributed by atoms with van der Waals surface area (Å²) in [7, 11) is -0.843. The number of ether oxygens (including phenoxy) is 3. The van der Waals surface area contributed by atoms with E-state index in [1.807, 2.05) is 36.4 Å². The van der Waals surface area contributed by atoms with Crippen LogP contribution in [-0.2, 0) is 32.6 Å². The number of likely N-dealkylation sites (N-methyl/N-ethyl adjacent to an activating group) is 1. The van der Waals surface area contributed by atoms with E-state index in [9.17, 15) is 18.0 Å². The Balaban J connectivity index is 1.71. The van der Waals surface area contributed by atoms with E-state index in [1.165, 1.54) is 18.0 Å². The highest BCUT2D eigenvalue weighted by atomic mass is 32.2. The van der Waals surface area contributed by atoms with Crippen molar-refractivity contribution in [3.05, 3.63) is 83.9 Å². The number of methoxy groups -OCH3 is 1. The maximum Gasteiger partial charge on any atom is 0.244 e. The van der Waals surface area contributed by atoms with E-state index in [2.05, 4.69) is 5.32 Å². The van der Waals surface area contributed by atoms with Crippen molar-refractivity contribution in [2.75, 3.05) is 38.1 Å². The summed E-state index contributed by atoms with van der Waals surface area (Å²) in [6.07, 6.45) is 1.26. The summed E-state index contributed by atoms with van der Waals surface area (Å²) < 4.78 is 42.8. The molecule has 10 nitrogen and oxygen atoms in total. The Labute approximate surface area is 228 Å². The molecule has 2 amide bonds. The molecule has 1 N–H and O–H groups in total. The highest BCUT2D eigenvalue weighted by Gasteiger charge is 2.33. The van der Waals surface area contributed by atoms with Gasteiger partial charge in [-0.2, -0.15) is 0 Å². The molecule has 0 bridgehead atoms. The second-order valence-electron chi connectivity index (χ2n) is 9.00. The molecule has 0 saturated carbocycles. The molecule has 0 aromatic heterocycles. The zero-order valence-electron chi connectivity index (χ0n) is 22.0. The quantitative estimate of drug-likeness (QED) is 0.388. The van der Waals surface area contributed by atoms with E-state index in [0.29, 0.717) is 17.2 Å². The lowest BCUT2D eigenvalue weighted by Crippen LogP contribution is -2.52. The van der Waals surface area contributed by atoms with Gasteiger partial charge in [0.1, 0.15) is 18.3 Å². The van der Waals surface area contributed by atoms with Gasteiger partial charge in [0.2, 0.25) is 28.6 Å². The maximum atomic E-state index is 14.0. The molecular weight excluding hydrogens is 522 g/mol. The third kappa shape index (κ3) is 6.80. The number of anilines is 1. The van der Waals surface area contributed by atoms with Gasteiger partial charge in [-0.25, -0.2) is 8.42 Å². The summed E-state index contributed by atoms with van der Waals surface area (Å²) >= 11 is 0. The molecular formula is C28H31N3O7S. The number of nitrogens with zero attached hydrogens (tertiary/aromatic N) is 2. The van der Waals surface area contributed by atoms with Gasteiger partial charge < -0.3 is 24.4 Å². The molecule has 0 radical (unpaired) electrons. The molecule has 4 rings (SSSR count). The predicted molar refractivity (Wildman–Crippen MR) is 146 cm³/mol. The van der Waals surface area contributed by atoms with Crippen LogP contribution < -0.4 is 23.8 Å². The van der Waals surface area contributed by atoms with E-state index in [0.717, 1.165) is 21.7 Å². The molecule has 11 heteroatoms. The molecule has 0 aliphatic carbocycles. The van der Waals surface area contributed by atoms with E-state index in [4.69, 9.17) is 14.2 Å². The molecule has 3 aromatic carbocycles. The van der Waals surface area contributed by atoms with E-state index in [1.54, 1.807) is 37.4 Å². The number of carbonyl (C=O) groups excluding carboxylic acids is 2. The number of fused-ring (bicyclic) bond motifs is 1. The van der Waals surface area contributed by atoms with Crippen LogP contribution >= 0.6 is 0 Å². The Morgan fingerprint density at radius 1 is 0.974 bits per heavy atom. The van der Waals surface area contributed by atoms with Crippen LogP contribution in [0.5, 0.6) is 17.2 Å². The SMILES string of the molecule is CNC(=O)[C@@H](Cc1ccccc1)N(Cc1cccc(OC)c1)C(=O)CN(c1ccc2c(c1)OCO2)S(C)(=O)=O. The van der Waals surface area contributed by atoms with Gasteiger partial charge in [-0.1, -0.05) is 42.5 Å². The number of sulfonamides is 1. The molecule has 0 saturated heterocycles. The van der Waals surface area contributed by atoms with Crippen LogP contribution in [0.4, 0.5) is 5.69 Å². The number of hydrogen-bond acceptors (Lipinski definition) is 7. The molecule has 3 aromatic rings. The summed E-state index contributed by atoms with van der Waals surface area (Å²) in [6.45, 7) is -0.442. The average molecular weight is 554 g/mol. The van der Waals surface area contributed by atoms with Crippen molar-refractivity contribution >= 4 is 27.5 Å². The minimum atomic E-state index is -3.89. The van der Waals surface area contributed by atoms with Crippen LogP contribution in [0.25, 0.3) is 0 Å². The van der Waals surface area contributed by atoms with Gasteiger partial charge in [-0.15, -0.1) is 0 Å². The van der Waals surface area contributed by atoms with Crippen molar-refractivity contribution in [3.8, 4) is 17.2 Å². The first-order valence-electron chi connectivity index (χ1n) is 12.2. The normalized spacial score (nSPS) is 12.9. The minimum absolute atomic E-state index is 0.0260. The summed E-state index contributed by atoms with van der Waals surface area (Å²) in [5, 5.41) is 2.65. The molecule has 0 spiro atoms.